The number of rotatable bonds is 3. The number of hydrogen-bond acceptors (Lipinski definition) is 5. The first-order chi connectivity index (χ1) is 9.63. The monoisotopic (exact) mass is 267 g/mol. The number of anilines is 2. The number of nitrogen functional groups attached to an aromatic ring is 1. The van der Waals surface area contributed by atoms with E-state index in [2.05, 4.69) is 15.7 Å². The van der Waals surface area contributed by atoms with Gasteiger partial charge in [-0.05, 0) is 31.2 Å². The van der Waals surface area contributed by atoms with Gasteiger partial charge in [0.05, 0.1) is 22.9 Å². The fraction of sp³-hybridized carbons (Fsp3) is 0.0714. The van der Waals surface area contributed by atoms with Gasteiger partial charge in [0.25, 0.3) is 5.91 Å². The lowest BCUT2D eigenvalue weighted by molar-refractivity contribution is 0.102. The van der Waals surface area contributed by atoms with Gasteiger partial charge in [-0.25, -0.2) is 0 Å². The van der Waals surface area contributed by atoms with Crippen molar-refractivity contribution in [2.24, 2.45) is 5.84 Å². The molecule has 0 bridgehead atoms. The van der Waals surface area contributed by atoms with Gasteiger partial charge in [0, 0.05) is 17.6 Å². The number of nitrogens with zero attached hydrogens (tertiary/aromatic N) is 2. The van der Waals surface area contributed by atoms with Crippen LogP contribution in [0.25, 0.3) is 0 Å². The number of nitrogens with one attached hydrogen (secondary N) is 2. The molecule has 0 aliphatic heterocycles. The second kappa shape index (κ2) is 5.82. The molecule has 0 unspecified atom stereocenters. The van der Waals surface area contributed by atoms with Gasteiger partial charge in [-0.15, -0.1) is 0 Å². The van der Waals surface area contributed by atoms with Crippen molar-refractivity contribution in [1.29, 1.82) is 5.26 Å². The van der Waals surface area contributed by atoms with E-state index in [1.54, 1.807) is 37.3 Å². The van der Waals surface area contributed by atoms with Crippen molar-refractivity contribution in [3.05, 3.63) is 53.3 Å². The number of carbonyl (C=O) groups is 1. The molecule has 0 saturated heterocycles. The average Bonchev–Trinajstić information content (AvgIpc) is 2.47. The summed E-state index contributed by atoms with van der Waals surface area (Å²) in [7, 11) is 0. The van der Waals surface area contributed by atoms with Gasteiger partial charge in [-0.1, -0.05) is 6.07 Å². The van der Waals surface area contributed by atoms with E-state index in [4.69, 9.17) is 11.1 Å². The number of hydrogen-bond donors (Lipinski definition) is 3. The Labute approximate surface area is 116 Å². The highest BCUT2D eigenvalue weighted by Crippen LogP contribution is 2.17. The molecule has 100 valence electrons. The van der Waals surface area contributed by atoms with Crippen molar-refractivity contribution < 1.29 is 4.79 Å². The van der Waals surface area contributed by atoms with Gasteiger partial charge >= 0.3 is 0 Å². The maximum Gasteiger partial charge on any atom is 0.259 e. The lowest BCUT2D eigenvalue weighted by Crippen LogP contribution is -2.18. The second-order valence-electron chi connectivity index (χ2n) is 4.16. The third-order valence-electron chi connectivity index (χ3n) is 2.69. The number of aryl methyl sites for hydroxylation is 1. The van der Waals surface area contributed by atoms with Crippen molar-refractivity contribution in [2.75, 3.05) is 10.7 Å². The molecule has 6 nitrogen and oxygen atoms in total. The van der Waals surface area contributed by atoms with Crippen LogP contribution < -0.4 is 16.6 Å². The molecule has 0 radical (unpaired) electrons. The molecule has 0 aliphatic carbocycles. The van der Waals surface area contributed by atoms with Crippen molar-refractivity contribution >= 4 is 17.3 Å². The molecule has 0 aliphatic rings. The summed E-state index contributed by atoms with van der Waals surface area (Å²) in [6.07, 6.45) is 1.45. The molecule has 1 amide bonds. The summed E-state index contributed by atoms with van der Waals surface area (Å²) in [5.74, 6) is 5.05. The Hall–Kier alpha value is -2.91. The van der Waals surface area contributed by atoms with Crippen LogP contribution in [0.2, 0.25) is 0 Å². The number of benzene rings is 1. The molecule has 1 heterocycles. The first-order valence-electron chi connectivity index (χ1n) is 5.89. The third kappa shape index (κ3) is 2.91. The maximum atomic E-state index is 12.2. The first kappa shape index (κ1) is 13.5. The van der Waals surface area contributed by atoms with E-state index in [1.807, 2.05) is 6.07 Å². The fourth-order valence-corrected chi connectivity index (χ4v) is 1.73. The van der Waals surface area contributed by atoms with Crippen LogP contribution in [0.1, 0.15) is 21.6 Å². The minimum Gasteiger partial charge on any atom is -0.323 e. The first-order valence-corrected chi connectivity index (χ1v) is 5.89. The molecular formula is C14H13N5O. The topological polar surface area (TPSA) is 104 Å². The van der Waals surface area contributed by atoms with E-state index in [9.17, 15) is 4.79 Å². The smallest absolute Gasteiger partial charge is 0.259 e. The predicted molar refractivity (Wildman–Crippen MR) is 75.9 cm³/mol. The SMILES string of the molecule is Cc1cc(NN)c(C(=O)Nc2cccc(C#N)c2)cn1. The minimum atomic E-state index is -0.347. The Morgan fingerprint density at radius 2 is 2.20 bits per heavy atom. The molecule has 1 aromatic carbocycles. The summed E-state index contributed by atoms with van der Waals surface area (Å²) in [6.45, 7) is 1.80. The maximum absolute atomic E-state index is 12.2. The Morgan fingerprint density at radius 3 is 2.90 bits per heavy atom. The molecule has 0 saturated carbocycles. The Balaban J connectivity index is 2.26. The molecular weight excluding hydrogens is 254 g/mol. The number of pyridine rings is 1. The molecule has 2 rings (SSSR count). The van der Waals surface area contributed by atoms with Gasteiger partial charge < -0.3 is 10.7 Å². The zero-order valence-electron chi connectivity index (χ0n) is 10.8. The largest absolute Gasteiger partial charge is 0.323 e. The molecule has 20 heavy (non-hydrogen) atoms. The van der Waals surface area contributed by atoms with Crippen LogP contribution in [0.4, 0.5) is 11.4 Å². The van der Waals surface area contributed by atoms with Crippen molar-refractivity contribution in [2.45, 2.75) is 6.92 Å². The second-order valence-corrected chi connectivity index (χ2v) is 4.16. The number of carbonyl (C=O) groups excluding carboxylic acids is 1. The quantitative estimate of drug-likeness (QED) is 0.581. The third-order valence-corrected chi connectivity index (χ3v) is 2.69. The van der Waals surface area contributed by atoms with E-state index in [0.29, 0.717) is 22.5 Å². The zero-order valence-corrected chi connectivity index (χ0v) is 10.8. The predicted octanol–water partition coefficient (Wildman–Crippen LogP) is 1.80. The Bertz CT molecular complexity index is 690. The van der Waals surface area contributed by atoms with Crippen molar-refractivity contribution in [3.63, 3.8) is 0 Å². The fourth-order valence-electron chi connectivity index (χ4n) is 1.73. The molecule has 0 fully saturated rings. The van der Waals surface area contributed by atoms with Crippen LogP contribution in [-0.4, -0.2) is 10.9 Å². The number of amides is 1. The Kier molecular flexibility index (Phi) is 3.93. The molecule has 1 aromatic heterocycles. The lowest BCUT2D eigenvalue weighted by atomic mass is 10.2. The van der Waals surface area contributed by atoms with Crippen LogP contribution in [0.3, 0.4) is 0 Å². The van der Waals surface area contributed by atoms with E-state index < -0.39 is 0 Å². The number of aromatic nitrogens is 1. The number of nitriles is 1. The summed E-state index contributed by atoms with van der Waals surface area (Å²) in [5, 5.41) is 11.5. The number of hydrazine groups is 1. The van der Waals surface area contributed by atoms with Gasteiger partial charge in [0.2, 0.25) is 0 Å². The standard InChI is InChI=1S/C14H13N5O/c1-9-5-13(19-16)12(8-17-9)14(20)18-11-4-2-3-10(6-11)7-15/h2-6,8H,16H2,1H3,(H,17,19)(H,18,20). The normalized spacial score (nSPS) is 9.65. The average molecular weight is 267 g/mol. The van der Waals surface area contributed by atoms with E-state index in [0.717, 1.165) is 5.69 Å². The van der Waals surface area contributed by atoms with E-state index in [1.165, 1.54) is 6.20 Å². The van der Waals surface area contributed by atoms with Crippen LogP contribution in [-0.2, 0) is 0 Å². The molecule has 6 heteroatoms. The van der Waals surface area contributed by atoms with Gasteiger partial charge in [-0.2, -0.15) is 5.26 Å². The van der Waals surface area contributed by atoms with Crippen LogP contribution in [0, 0.1) is 18.3 Å². The molecule has 2 aromatic rings. The molecule has 0 spiro atoms. The van der Waals surface area contributed by atoms with Gasteiger partial charge in [-0.3, -0.25) is 15.6 Å². The lowest BCUT2D eigenvalue weighted by Gasteiger charge is -2.10. The molecule has 4 N–H and O–H groups in total. The highest BCUT2D eigenvalue weighted by atomic mass is 16.1. The minimum absolute atomic E-state index is 0.334. The zero-order chi connectivity index (χ0) is 14.5. The van der Waals surface area contributed by atoms with Crippen LogP contribution >= 0.6 is 0 Å². The van der Waals surface area contributed by atoms with Crippen LogP contribution in [0.15, 0.2) is 36.5 Å². The summed E-state index contributed by atoms with van der Waals surface area (Å²) < 4.78 is 0. The van der Waals surface area contributed by atoms with Gasteiger partial charge in [0.15, 0.2) is 0 Å². The summed E-state index contributed by atoms with van der Waals surface area (Å²) in [6, 6.07) is 10.4. The number of nitrogens with two attached hydrogens (primary N) is 1. The highest BCUT2D eigenvalue weighted by Gasteiger charge is 2.12. The van der Waals surface area contributed by atoms with Crippen molar-refractivity contribution in [3.8, 4) is 6.07 Å². The summed E-state index contributed by atoms with van der Waals surface area (Å²) in [4.78, 5) is 16.3. The van der Waals surface area contributed by atoms with E-state index >= 15 is 0 Å². The summed E-state index contributed by atoms with van der Waals surface area (Å²) in [5.41, 5.74) is 5.06. The molecule has 0 atom stereocenters. The van der Waals surface area contributed by atoms with Crippen molar-refractivity contribution in [1.82, 2.24) is 4.98 Å². The highest BCUT2D eigenvalue weighted by molar-refractivity contribution is 6.07. The van der Waals surface area contributed by atoms with Crippen LogP contribution in [0.5, 0.6) is 0 Å². The summed E-state index contributed by atoms with van der Waals surface area (Å²) >= 11 is 0. The Morgan fingerprint density at radius 1 is 1.40 bits per heavy atom. The van der Waals surface area contributed by atoms with E-state index in [-0.39, 0.29) is 5.91 Å². The van der Waals surface area contributed by atoms with Gasteiger partial charge in [0.1, 0.15) is 0 Å².